The molecule has 110 valence electrons. The number of benzene rings is 1. The minimum atomic E-state index is 0.159. The number of carbonyl (C=O) groups excluding carboxylic acids is 1. The third-order valence-corrected chi connectivity index (χ3v) is 4.22. The molecule has 5 heteroatoms. The van der Waals surface area contributed by atoms with Gasteiger partial charge in [0.05, 0.1) is 12.6 Å². The maximum atomic E-state index is 12.4. The summed E-state index contributed by atoms with van der Waals surface area (Å²) in [5, 5.41) is 4.03. The summed E-state index contributed by atoms with van der Waals surface area (Å²) in [4.78, 5) is 18.2. The van der Waals surface area contributed by atoms with Crippen molar-refractivity contribution < 1.29 is 4.79 Å². The number of amides is 1. The summed E-state index contributed by atoms with van der Waals surface area (Å²) in [6.45, 7) is 0.581. The van der Waals surface area contributed by atoms with E-state index in [-0.39, 0.29) is 11.9 Å². The second kappa shape index (κ2) is 6.08. The third-order valence-electron chi connectivity index (χ3n) is 4.22. The SMILES string of the molecule is CN(C(=O)CCn1cncn1)[C@@H]1CCCc2ccccc21. The Hall–Kier alpha value is -2.17. The summed E-state index contributed by atoms with van der Waals surface area (Å²) in [5.74, 6) is 0.159. The summed E-state index contributed by atoms with van der Waals surface area (Å²) >= 11 is 0. The van der Waals surface area contributed by atoms with E-state index in [1.165, 1.54) is 17.5 Å². The number of aryl methyl sites for hydroxylation is 2. The molecule has 0 unspecified atom stereocenters. The molecule has 0 spiro atoms. The average molecular weight is 284 g/mol. The number of hydrogen-bond acceptors (Lipinski definition) is 3. The largest absolute Gasteiger partial charge is 0.339 e. The van der Waals surface area contributed by atoms with Crippen LogP contribution in [0.4, 0.5) is 0 Å². The number of rotatable bonds is 4. The highest BCUT2D eigenvalue weighted by molar-refractivity contribution is 5.76. The van der Waals surface area contributed by atoms with Gasteiger partial charge >= 0.3 is 0 Å². The van der Waals surface area contributed by atoms with Gasteiger partial charge in [-0.2, -0.15) is 5.10 Å². The highest BCUT2D eigenvalue weighted by Gasteiger charge is 2.26. The van der Waals surface area contributed by atoms with Crippen molar-refractivity contribution in [3.63, 3.8) is 0 Å². The van der Waals surface area contributed by atoms with Crippen LogP contribution in [0.25, 0.3) is 0 Å². The monoisotopic (exact) mass is 284 g/mol. The van der Waals surface area contributed by atoms with Crippen LogP contribution < -0.4 is 0 Å². The zero-order valence-corrected chi connectivity index (χ0v) is 12.3. The van der Waals surface area contributed by atoms with Crippen molar-refractivity contribution in [1.29, 1.82) is 0 Å². The molecule has 1 heterocycles. The van der Waals surface area contributed by atoms with Crippen LogP contribution in [0.15, 0.2) is 36.9 Å². The van der Waals surface area contributed by atoms with Crippen LogP contribution in [-0.4, -0.2) is 32.6 Å². The van der Waals surface area contributed by atoms with E-state index in [4.69, 9.17) is 0 Å². The molecule has 0 saturated heterocycles. The fraction of sp³-hybridized carbons (Fsp3) is 0.438. The lowest BCUT2D eigenvalue weighted by molar-refractivity contribution is -0.132. The maximum absolute atomic E-state index is 12.4. The van der Waals surface area contributed by atoms with Gasteiger partial charge in [-0.15, -0.1) is 0 Å². The smallest absolute Gasteiger partial charge is 0.224 e. The minimum Gasteiger partial charge on any atom is -0.339 e. The standard InChI is InChI=1S/C16H20N4O/c1-19(16(21)9-10-20-12-17-11-18-20)15-8-4-6-13-5-2-3-7-14(13)15/h2-3,5,7,11-12,15H,4,6,8-10H2,1H3/t15-/m1/s1. The summed E-state index contributed by atoms with van der Waals surface area (Å²) in [6, 6.07) is 8.67. The predicted octanol–water partition coefficient (Wildman–Crippen LogP) is 2.20. The fourth-order valence-corrected chi connectivity index (χ4v) is 3.04. The molecule has 1 aliphatic carbocycles. The van der Waals surface area contributed by atoms with Gasteiger partial charge in [0.25, 0.3) is 0 Å². The molecule has 1 atom stereocenters. The number of fused-ring (bicyclic) bond motifs is 1. The molecule has 0 bridgehead atoms. The summed E-state index contributed by atoms with van der Waals surface area (Å²) in [5.41, 5.74) is 2.69. The molecule has 1 aromatic carbocycles. The molecule has 3 rings (SSSR count). The zero-order valence-electron chi connectivity index (χ0n) is 12.3. The van der Waals surface area contributed by atoms with Gasteiger partial charge in [-0.1, -0.05) is 24.3 Å². The molecule has 1 aromatic heterocycles. The van der Waals surface area contributed by atoms with E-state index in [0.717, 1.165) is 19.3 Å². The van der Waals surface area contributed by atoms with Crippen molar-refractivity contribution in [2.24, 2.45) is 0 Å². The van der Waals surface area contributed by atoms with Crippen LogP contribution in [0.3, 0.4) is 0 Å². The highest BCUT2D eigenvalue weighted by Crippen LogP contribution is 2.33. The lowest BCUT2D eigenvalue weighted by atomic mass is 9.87. The van der Waals surface area contributed by atoms with E-state index < -0.39 is 0 Å². The Balaban J connectivity index is 1.67. The lowest BCUT2D eigenvalue weighted by Gasteiger charge is -2.33. The second-order valence-corrected chi connectivity index (χ2v) is 5.52. The second-order valence-electron chi connectivity index (χ2n) is 5.52. The molecule has 0 aliphatic heterocycles. The van der Waals surface area contributed by atoms with Crippen LogP contribution in [0.5, 0.6) is 0 Å². The first-order valence-electron chi connectivity index (χ1n) is 7.41. The average Bonchev–Trinajstić information content (AvgIpc) is 3.05. The Labute approximate surface area is 124 Å². The van der Waals surface area contributed by atoms with E-state index in [1.807, 2.05) is 11.9 Å². The summed E-state index contributed by atoms with van der Waals surface area (Å²) < 4.78 is 1.69. The zero-order chi connectivity index (χ0) is 14.7. The van der Waals surface area contributed by atoms with Gasteiger partial charge in [-0.3, -0.25) is 9.48 Å². The molecule has 0 N–H and O–H groups in total. The molecule has 0 fully saturated rings. The van der Waals surface area contributed by atoms with Crippen molar-refractivity contribution in [3.8, 4) is 0 Å². The Kier molecular flexibility index (Phi) is 3.99. The van der Waals surface area contributed by atoms with Gasteiger partial charge < -0.3 is 4.90 Å². The summed E-state index contributed by atoms with van der Waals surface area (Å²) in [7, 11) is 1.91. The number of nitrogens with zero attached hydrogens (tertiary/aromatic N) is 4. The highest BCUT2D eigenvalue weighted by atomic mass is 16.2. The Morgan fingerprint density at radius 1 is 1.43 bits per heavy atom. The molecular formula is C16H20N4O. The molecule has 5 nitrogen and oxygen atoms in total. The van der Waals surface area contributed by atoms with Crippen LogP contribution >= 0.6 is 0 Å². The maximum Gasteiger partial charge on any atom is 0.224 e. The van der Waals surface area contributed by atoms with Crippen LogP contribution in [-0.2, 0) is 17.8 Å². The van der Waals surface area contributed by atoms with Crippen molar-refractivity contribution in [2.75, 3.05) is 7.05 Å². The van der Waals surface area contributed by atoms with Gasteiger partial charge in [0.1, 0.15) is 12.7 Å². The van der Waals surface area contributed by atoms with Crippen molar-refractivity contribution >= 4 is 5.91 Å². The van der Waals surface area contributed by atoms with Gasteiger partial charge in [0.15, 0.2) is 0 Å². The molecule has 1 aliphatic rings. The minimum absolute atomic E-state index is 0.159. The molecule has 0 saturated carbocycles. The molecule has 1 amide bonds. The fourth-order valence-electron chi connectivity index (χ4n) is 3.04. The molecule has 21 heavy (non-hydrogen) atoms. The normalized spacial score (nSPS) is 17.3. The van der Waals surface area contributed by atoms with E-state index in [0.29, 0.717) is 13.0 Å². The van der Waals surface area contributed by atoms with Gasteiger partial charge in [-0.05, 0) is 30.4 Å². The van der Waals surface area contributed by atoms with Crippen molar-refractivity contribution in [1.82, 2.24) is 19.7 Å². The number of hydrogen-bond donors (Lipinski definition) is 0. The third kappa shape index (κ3) is 2.96. The first-order chi connectivity index (χ1) is 10.3. The first-order valence-corrected chi connectivity index (χ1v) is 7.41. The van der Waals surface area contributed by atoms with E-state index in [1.54, 1.807) is 11.0 Å². The number of carbonyl (C=O) groups is 1. The molecule has 0 radical (unpaired) electrons. The summed E-state index contributed by atoms with van der Waals surface area (Å²) in [6.07, 6.45) is 6.89. The Morgan fingerprint density at radius 3 is 3.10 bits per heavy atom. The molecular weight excluding hydrogens is 264 g/mol. The predicted molar refractivity (Wildman–Crippen MR) is 79.5 cm³/mol. The van der Waals surface area contributed by atoms with E-state index in [9.17, 15) is 4.79 Å². The quantitative estimate of drug-likeness (QED) is 0.865. The van der Waals surface area contributed by atoms with Gasteiger partial charge in [0, 0.05) is 13.5 Å². The van der Waals surface area contributed by atoms with Gasteiger partial charge in [0.2, 0.25) is 5.91 Å². The van der Waals surface area contributed by atoms with Gasteiger partial charge in [-0.25, -0.2) is 4.98 Å². The Bertz CT molecular complexity index is 608. The lowest BCUT2D eigenvalue weighted by Crippen LogP contribution is -2.33. The number of aromatic nitrogens is 3. The molecule has 2 aromatic rings. The van der Waals surface area contributed by atoms with Crippen LogP contribution in [0, 0.1) is 0 Å². The topological polar surface area (TPSA) is 51.0 Å². The van der Waals surface area contributed by atoms with Crippen molar-refractivity contribution in [2.45, 2.75) is 38.3 Å². The van der Waals surface area contributed by atoms with E-state index in [2.05, 4.69) is 34.3 Å². The van der Waals surface area contributed by atoms with Crippen LogP contribution in [0.2, 0.25) is 0 Å². The van der Waals surface area contributed by atoms with E-state index >= 15 is 0 Å². The van der Waals surface area contributed by atoms with Crippen LogP contribution in [0.1, 0.15) is 36.4 Å². The van der Waals surface area contributed by atoms with Crippen molar-refractivity contribution in [3.05, 3.63) is 48.0 Å². The first kappa shape index (κ1) is 13.8. The Morgan fingerprint density at radius 2 is 2.29 bits per heavy atom.